The van der Waals surface area contributed by atoms with Crippen LogP contribution >= 0.6 is 0 Å². The summed E-state index contributed by atoms with van der Waals surface area (Å²) in [5, 5.41) is 0. The maximum Gasteiger partial charge on any atom is 0.416 e. The lowest BCUT2D eigenvalue weighted by Crippen LogP contribution is -2.52. The molecule has 6 nitrogen and oxygen atoms in total. The van der Waals surface area contributed by atoms with Crippen molar-refractivity contribution >= 4 is 17.9 Å². The van der Waals surface area contributed by atoms with Crippen molar-refractivity contribution in [3.63, 3.8) is 0 Å². The van der Waals surface area contributed by atoms with Crippen LogP contribution in [-0.2, 0) is 28.4 Å². The van der Waals surface area contributed by atoms with Crippen LogP contribution < -0.4 is 4.90 Å². The van der Waals surface area contributed by atoms with Crippen LogP contribution in [0, 0.1) is 12.8 Å². The van der Waals surface area contributed by atoms with E-state index in [9.17, 15) is 35.9 Å². The van der Waals surface area contributed by atoms with Crippen LogP contribution in [0.15, 0.2) is 36.4 Å². The average molecular weight is 559 g/mol. The number of aryl methyl sites for hydroxylation is 1. The maximum atomic E-state index is 13.5. The van der Waals surface area contributed by atoms with E-state index in [2.05, 4.69) is 0 Å². The standard InChI is InChI=1S/C27H28F6N2O4/c1-4-39-25(37)35-21-7-5-6-19(21)23(20-10-15(2)8-9-22(20)35)34(24(36)38-3)14-16-11-17(26(28,29)30)13-18(12-16)27(31,32)33/h8-13,19,21,23H,4-7,14H2,1-3H3. The number of hydrogen-bond donors (Lipinski definition) is 0. The Morgan fingerprint density at radius 3 is 2.21 bits per heavy atom. The molecule has 0 N–H and O–H groups in total. The third-order valence-corrected chi connectivity index (χ3v) is 7.24. The van der Waals surface area contributed by atoms with Gasteiger partial charge >= 0.3 is 24.5 Å². The summed E-state index contributed by atoms with van der Waals surface area (Å²) in [6, 6.07) is 5.38. The minimum atomic E-state index is -5.03. The number of rotatable bonds is 4. The number of benzene rings is 2. The van der Waals surface area contributed by atoms with Gasteiger partial charge < -0.3 is 9.47 Å². The summed E-state index contributed by atoms with van der Waals surface area (Å²) in [5.74, 6) is -0.351. The number of carbonyl (C=O) groups excluding carboxylic acids is 2. The Hall–Kier alpha value is -3.44. The number of methoxy groups -OCH3 is 1. The van der Waals surface area contributed by atoms with Gasteiger partial charge in [-0.25, -0.2) is 9.59 Å². The van der Waals surface area contributed by atoms with Crippen LogP contribution in [0.25, 0.3) is 0 Å². The first-order valence-corrected chi connectivity index (χ1v) is 12.5. The van der Waals surface area contributed by atoms with Crippen molar-refractivity contribution in [3.05, 3.63) is 64.2 Å². The van der Waals surface area contributed by atoms with Crippen molar-refractivity contribution in [1.29, 1.82) is 0 Å². The normalized spacial score (nSPS) is 20.7. The molecule has 1 fully saturated rings. The highest BCUT2D eigenvalue weighted by molar-refractivity contribution is 5.91. The molecule has 0 saturated heterocycles. The molecule has 4 rings (SSSR count). The van der Waals surface area contributed by atoms with Gasteiger partial charge in [0.25, 0.3) is 0 Å². The molecule has 1 saturated carbocycles. The van der Waals surface area contributed by atoms with E-state index >= 15 is 0 Å². The third-order valence-electron chi connectivity index (χ3n) is 7.24. The average Bonchev–Trinajstić information content (AvgIpc) is 3.33. The molecule has 212 valence electrons. The van der Waals surface area contributed by atoms with Crippen LogP contribution in [0.3, 0.4) is 0 Å². The van der Waals surface area contributed by atoms with Crippen LogP contribution in [-0.4, -0.2) is 36.8 Å². The molecule has 2 aliphatic rings. The molecule has 2 aromatic carbocycles. The highest BCUT2D eigenvalue weighted by Crippen LogP contribution is 2.51. The molecular weight excluding hydrogens is 530 g/mol. The Labute approximate surface area is 221 Å². The predicted molar refractivity (Wildman–Crippen MR) is 129 cm³/mol. The molecule has 1 aliphatic heterocycles. The summed E-state index contributed by atoms with van der Waals surface area (Å²) < 4.78 is 91.5. The smallest absolute Gasteiger partial charge is 0.416 e. The fraction of sp³-hybridized carbons (Fsp3) is 0.481. The lowest BCUT2D eigenvalue weighted by atomic mass is 9.81. The highest BCUT2D eigenvalue weighted by Gasteiger charge is 2.50. The topological polar surface area (TPSA) is 59.1 Å². The van der Waals surface area contributed by atoms with Crippen molar-refractivity contribution in [2.45, 2.75) is 64.1 Å². The minimum absolute atomic E-state index is 0.0511. The van der Waals surface area contributed by atoms with Crippen LogP contribution in [0.2, 0.25) is 0 Å². The zero-order valence-corrected chi connectivity index (χ0v) is 21.5. The lowest BCUT2D eigenvalue weighted by molar-refractivity contribution is -0.143. The Morgan fingerprint density at radius 1 is 1.00 bits per heavy atom. The van der Waals surface area contributed by atoms with Gasteiger partial charge in [0.15, 0.2) is 0 Å². The SMILES string of the molecule is CCOC(=O)N1c2ccc(C)cc2C(N(Cc2cc(C(F)(F)F)cc(C(F)(F)F)c2)C(=O)OC)C2CCCC21. The minimum Gasteiger partial charge on any atom is -0.453 e. The van der Waals surface area contributed by atoms with E-state index in [1.165, 1.54) is 4.90 Å². The summed E-state index contributed by atoms with van der Waals surface area (Å²) in [6.07, 6.45) is -9.67. The van der Waals surface area contributed by atoms with Gasteiger partial charge in [-0.1, -0.05) is 24.1 Å². The Balaban J connectivity index is 1.86. The highest BCUT2D eigenvalue weighted by atomic mass is 19.4. The fourth-order valence-electron chi connectivity index (χ4n) is 5.72. The number of hydrogen-bond acceptors (Lipinski definition) is 4. The number of fused-ring (bicyclic) bond motifs is 2. The third kappa shape index (κ3) is 5.65. The molecule has 0 aromatic heterocycles. The van der Waals surface area contributed by atoms with E-state index < -0.39 is 48.3 Å². The Kier molecular flexibility index (Phi) is 7.77. The summed E-state index contributed by atoms with van der Waals surface area (Å²) in [6.45, 7) is 3.05. The van der Waals surface area contributed by atoms with E-state index in [-0.39, 0.29) is 30.2 Å². The van der Waals surface area contributed by atoms with E-state index in [1.807, 2.05) is 0 Å². The number of amides is 2. The molecule has 39 heavy (non-hydrogen) atoms. The van der Waals surface area contributed by atoms with Crippen molar-refractivity contribution in [3.8, 4) is 0 Å². The van der Waals surface area contributed by atoms with Crippen molar-refractivity contribution in [1.82, 2.24) is 4.90 Å². The van der Waals surface area contributed by atoms with Gasteiger partial charge in [-0.15, -0.1) is 0 Å². The number of alkyl halides is 6. The van der Waals surface area contributed by atoms with Crippen LogP contribution in [0.1, 0.15) is 60.0 Å². The first kappa shape index (κ1) is 28.6. The summed E-state index contributed by atoms with van der Waals surface area (Å²) >= 11 is 0. The summed E-state index contributed by atoms with van der Waals surface area (Å²) in [7, 11) is 1.10. The van der Waals surface area contributed by atoms with Crippen LogP contribution in [0.4, 0.5) is 41.6 Å². The first-order chi connectivity index (χ1) is 18.3. The Bertz CT molecular complexity index is 1210. The van der Waals surface area contributed by atoms with Gasteiger partial charge in [0.05, 0.1) is 36.6 Å². The van der Waals surface area contributed by atoms with E-state index in [0.29, 0.717) is 42.6 Å². The van der Waals surface area contributed by atoms with Gasteiger partial charge in [0.1, 0.15) is 0 Å². The monoisotopic (exact) mass is 558 g/mol. The van der Waals surface area contributed by atoms with Crippen molar-refractivity contribution in [2.75, 3.05) is 18.6 Å². The number of nitrogens with zero attached hydrogens (tertiary/aromatic N) is 2. The van der Waals surface area contributed by atoms with Gasteiger partial charge in [0.2, 0.25) is 0 Å². The molecule has 3 atom stereocenters. The van der Waals surface area contributed by atoms with E-state index in [4.69, 9.17) is 9.47 Å². The zero-order chi connectivity index (χ0) is 28.7. The zero-order valence-electron chi connectivity index (χ0n) is 21.5. The second kappa shape index (κ2) is 10.6. The Morgan fingerprint density at radius 2 is 1.64 bits per heavy atom. The van der Waals surface area contributed by atoms with E-state index in [1.54, 1.807) is 36.9 Å². The number of anilines is 1. The molecule has 2 aromatic rings. The van der Waals surface area contributed by atoms with Crippen molar-refractivity contribution in [2.24, 2.45) is 5.92 Å². The molecule has 1 aliphatic carbocycles. The fourth-order valence-corrected chi connectivity index (χ4v) is 5.72. The molecule has 0 radical (unpaired) electrons. The van der Waals surface area contributed by atoms with Gasteiger partial charge in [-0.05, 0) is 62.1 Å². The van der Waals surface area contributed by atoms with Gasteiger partial charge in [-0.2, -0.15) is 26.3 Å². The lowest BCUT2D eigenvalue weighted by Gasteiger charge is -2.46. The molecule has 1 heterocycles. The molecule has 2 amide bonds. The van der Waals surface area contributed by atoms with E-state index in [0.717, 1.165) is 12.7 Å². The summed E-state index contributed by atoms with van der Waals surface area (Å²) in [4.78, 5) is 28.8. The van der Waals surface area contributed by atoms with Crippen molar-refractivity contribution < 1.29 is 45.4 Å². The second-order valence-corrected chi connectivity index (χ2v) is 9.75. The maximum absolute atomic E-state index is 13.5. The molecule has 0 spiro atoms. The molecule has 12 heteroatoms. The number of carbonyl (C=O) groups is 2. The largest absolute Gasteiger partial charge is 0.453 e. The predicted octanol–water partition coefficient (Wildman–Crippen LogP) is 7.49. The molecule has 0 bridgehead atoms. The summed E-state index contributed by atoms with van der Waals surface area (Å²) in [5.41, 5.74) is -1.48. The number of ether oxygens (including phenoxy) is 2. The van der Waals surface area contributed by atoms with Gasteiger partial charge in [0, 0.05) is 18.5 Å². The second-order valence-electron chi connectivity index (χ2n) is 9.75. The van der Waals surface area contributed by atoms with Crippen LogP contribution in [0.5, 0.6) is 0 Å². The molecule has 3 unspecified atom stereocenters. The molecular formula is C27H28F6N2O4. The first-order valence-electron chi connectivity index (χ1n) is 12.5. The van der Waals surface area contributed by atoms with Gasteiger partial charge in [-0.3, -0.25) is 9.80 Å². The quantitative estimate of drug-likeness (QED) is 0.365. The number of halogens is 6.